The van der Waals surface area contributed by atoms with Crippen LogP contribution in [0.3, 0.4) is 0 Å². The smallest absolute Gasteiger partial charge is 0.177 e. The van der Waals surface area contributed by atoms with E-state index in [1.54, 1.807) is 12.3 Å². The van der Waals surface area contributed by atoms with Crippen molar-refractivity contribution < 1.29 is 4.39 Å². The summed E-state index contributed by atoms with van der Waals surface area (Å²) in [5.74, 6) is 0. The molecule has 0 amide bonds. The average Bonchev–Trinajstić information content (AvgIpc) is 3.70. The summed E-state index contributed by atoms with van der Waals surface area (Å²) < 4.78 is 13.7. The van der Waals surface area contributed by atoms with Crippen LogP contribution < -0.4 is 0 Å². The first-order chi connectivity index (χ1) is 17.7. The molecule has 7 rings (SSSR count). The lowest BCUT2D eigenvalue weighted by atomic mass is 10.1. The second-order valence-corrected chi connectivity index (χ2v) is 10.2. The Hall–Kier alpha value is -3.95. The zero-order valence-electron chi connectivity index (χ0n) is 19.3. The fraction of sp³-hybridized carbons (Fsp3) is 0.185. The van der Waals surface area contributed by atoms with E-state index in [0.29, 0.717) is 0 Å². The maximum absolute atomic E-state index is 13.7. The summed E-state index contributed by atoms with van der Waals surface area (Å²) >= 11 is 1.09. The molecule has 0 atom stereocenters. The quantitative estimate of drug-likeness (QED) is 0.305. The van der Waals surface area contributed by atoms with Gasteiger partial charge < -0.3 is 4.98 Å². The highest BCUT2D eigenvalue weighted by atomic mass is 32.1. The van der Waals surface area contributed by atoms with E-state index in [4.69, 9.17) is 4.98 Å². The first kappa shape index (κ1) is 21.3. The number of aromatic nitrogens is 6. The topological polar surface area (TPSA) is 86.4 Å². The van der Waals surface area contributed by atoms with Crippen molar-refractivity contribution >= 4 is 33.3 Å². The maximum atomic E-state index is 13.7. The molecule has 0 aliphatic carbocycles. The Morgan fingerprint density at radius 3 is 2.75 bits per heavy atom. The molecule has 1 fully saturated rings. The SMILES string of the molecule is Fc1ccc(-c2nccc3[nH]c(-c4n[nH]c5ccc(-c6cncc(CN7CCCC7)c6)nc45)cc23)s1. The minimum atomic E-state index is -0.228. The molecule has 0 radical (unpaired) electrons. The molecule has 6 aromatic rings. The van der Waals surface area contributed by atoms with Crippen LogP contribution in [0.1, 0.15) is 18.4 Å². The molecule has 7 heterocycles. The summed E-state index contributed by atoms with van der Waals surface area (Å²) in [6.07, 6.45) is 8.08. The van der Waals surface area contributed by atoms with Crippen molar-refractivity contribution in [3.05, 3.63) is 71.7 Å². The molecule has 0 saturated carbocycles. The number of hydrogen-bond donors (Lipinski definition) is 2. The van der Waals surface area contributed by atoms with Gasteiger partial charge in [0.25, 0.3) is 0 Å². The normalized spacial score (nSPS) is 14.4. The summed E-state index contributed by atoms with van der Waals surface area (Å²) in [6, 6.07) is 13.3. The van der Waals surface area contributed by atoms with E-state index in [0.717, 1.165) is 86.1 Å². The third-order valence-corrected chi connectivity index (χ3v) is 7.59. The number of pyridine rings is 3. The summed E-state index contributed by atoms with van der Waals surface area (Å²) in [5, 5.41) is 8.36. The van der Waals surface area contributed by atoms with Crippen LogP contribution in [-0.2, 0) is 6.54 Å². The second kappa shape index (κ2) is 8.61. The highest BCUT2D eigenvalue weighted by Gasteiger charge is 2.17. The van der Waals surface area contributed by atoms with Crippen molar-refractivity contribution in [3.8, 4) is 33.2 Å². The lowest BCUT2D eigenvalue weighted by Crippen LogP contribution is -2.18. The standard InChI is InChI=1S/C27H22FN7S/c28-24-6-5-23(36-24)25-18-12-22(31-20(18)7-8-30-25)27-26-21(33-34-27)4-3-19(32-26)17-11-16(13-29-14-17)15-35-9-1-2-10-35/h3-8,11-14,31H,1-2,9-10,15H2,(H,33,34). The fourth-order valence-corrected chi connectivity index (χ4v) is 5.72. The minimum Gasteiger partial charge on any atom is -0.353 e. The van der Waals surface area contributed by atoms with E-state index in [1.165, 1.54) is 24.5 Å². The van der Waals surface area contributed by atoms with Crippen molar-refractivity contribution in [2.45, 2.75) is 19.4 Å². The van der Waals surface area contributed by atoms with Crippen molar-refractivity contribution in [2.24, 2.45) is 0 Å². The lowest BCUT2D eigenvalue weighted by Gasteiger charge is -2.14. The summed E-state index contributed by atoms with van der Waals surface area (Å²) in [4.78, 5) is 20.7. The molecule has 0 unspecified atom stereocenters. The van der Waals surface area contributed by atoms with E-state index in [1.807, 2.05) is 36.7 Å². The first-order valence-electron chi connectivity index (χ1n) is 12.0. The van der Waals surface area contributed by atoms with Gasteiger partial charge in [0.1, 0.15) is 11.2 Å². The first-order valence-corrected chi connectivity index (χ1v) is 12.8. The third-order valence-electron chi connectivity index (χ3n) is 6.71. The second-order valence-electron chi connectivity index (χ2n) is 9.14. The number of thiophene rings is 1. The van der Waals surface area contributed by atoms with Crippen LogP contribution in [-0.4, -0.2) is 48.1 Å². The number of aromatic amines is 2. The molecule has 9 heteroatoms. The fourth-order valence-electron chi connectivity index (χ4n) is 4.98. The van der Waals surface area contributed by atoms with Crippen molar-refractivity contribution in [2.75, 3.05) is 13.1 Å². The Balaban J connectivity index is 1.28. The van der Waals surface area contributed by atoms with Gasteiger partial charge in [-0.15, -0.1) is 11.3 Å². The number of H-pyrrole nitrogens is 2. The molecule has 2 N–H and O–H groups in total. The van der Waals surface area contributed by atoms with Crippen molar-refractivity contribution in [1.29, 1.82) is 0 Å². The number of fused-ring (bicyclic) bond motifs is 2. The average molecular weight is 496 g/mol. The van der Waals surface area contributed by atoms with Gasteiger partial charge in [-0.1, -0.05) is 0 Å². The number of likely N-dealkylation sites (tertiary alicyclic amines) is 1. The largest absolute Gasteiger partial charge is 0.353 e. The monoisotopic (exact) mass is 495 g/mol. The van der Waals surface area contributed by atoms with E-state index >= 15 is 0 Å². The highest BCUT2D eigenvalue weighted by molar-refractivity contribution is 7.13. The third kappa shape index (κ3) is 3.77. The van der Waals surface area contributed by atoms with E-state index in [-0.39, 0.29) is 5.13 Å². The van der Waals surface area contributed by atoms with Crippen molar-refractivity contribution in [3.63, 3.8) is 0 Å². The van der Waals surface area contributed by atoms with Gasteiger partial charge in [-0.25, -0.2) is 4.98 Å². The summed E-state index contributed by atoms with van der Waals surface area (Å²) in [5.41, 5.74) is 7.89. The van der Waals surface area contributed by atoms with Gasteiger partial charge in [0.2, 0.25) is 0 Å². The zero-order valence-corrected chi connectivity index (χ0v) is 20.1. The lowest BCUT2D eigenvalue weighted by molar-refractivity contribution is 0.331. The number of nitrogens with one attached hydrogen (secondary N) is 2. The van der Waals surface area contributed by atoms with Gasteiger partial charge in [0.05, 0.1) is 27.5 Å². The number of nitrogens with zero attached hydrogens (tertiary/aromatic N) is 5. The number of rotatable bonds is 5. The zero-order chi connectivity index (χ0) is 24.1. The van der Waals surface area contributed by atoms with Gasteiger partial charge >= 0.3 is 0 Å². The van der Waals surface area contributed by atoms with Gasteiger partial charge in [-0.3, -0.25) is 20.0 Å². The van der Waals surface area contributed by atoms with Crippen LogP contribution in [0.4, 0.5) is 4.39 Å². The van der Waals surface area contributed by atoms with Gasteiger partial charge in [-0.2, -0.15) is 9.49 Å². The minimum absolute atomic E-state index is 0.228. The predicted molar refractivity (Wildman–Crippen MR) is 140 cm³/mol. The van der Waals surface area contributed by atoms with Crippen molar-refractivity contribution in [1.82, 2.24) is 35.0 Å². The van der Waals surface area contributed by atoms with Crippen LogP contribution in [0.15, 0.2) is 61.1 Å². The van der Waals surface area contributed by atoms with Crippen LogP contribution >= 0.6 is 11.3 Å². The van der Waals surface area contributed by atoms with Gasteiger partial charge in [-0.05, 0) is 74.0 Å². The molecule has 1 aliphatic rings. The van der Waals surface area contributed by atoms with Crippen LogP contribution in [0.25, 0.3) is 55.2 Å². The molecule has 36 heavy (non-hydrogen) atoms. The summed E-state index contributed by atoms with van der Waals surface area (Å²) in [6.45, 7) is 3.21. The molecule has 0 spiro atoms. The van der Waals surface area contributed by atoms with E-state index < -0.39 is 0 Å². The Kier molecular flexibility index (Phi) is 5.11. The van der Waals surface area contributed by atoms with E-state index in [9.17, 15) is 4.39 Å². The Morgan fingerprint density at radius 1 is 0.972 bits per heavy atom. The number of hydrogen-bond acceptors (Lipinski definition) is 6. The molecular formula is C27H22FN7S. The van der Waals surface area contributed by atoms with Gasteiger partial charge in [0.15, 0.2) is 5.13 Å². The molecule has 1 saturated heterocycles. The molecule has 0 bridgehead atoms. The molecule has 178 valence electrons. The highest BCUT2D eigenvalue weighted by Crippen LogP contribution is 2.35. The molecule has 7 nitrogen and oxygen atoms in total. The van der Waals surface area contributed by atoms with Gasteiger partial charge in [0, 0.05) is 41.6 Å². The summed E-state index contributed by atoms with van der Waals surface area (Å²) in [7, 11) is 0. The van der Waals surface area contributed by atoms with Crippen LogP contribution in [0, 0.1) is 5.13 Å². The molecule has 0 aromatic carbocycles. The number of halogens is 1. The Bertz CT molecular complexity index is 1710. The molecular weight excluding hydrogens is 473 g/mol. The predicted octanol–water partition coefficient (Wildman–Crippen LogP) is 6.03. The Labute approximate surface area is 210 Å². The van der Waals surface area contributed by atoms with Crippen LogP contribution in [0.5, 0.6) is 0 Å². The molecule has 1 aliphatic heterocycles. The maximum Gasteiger partial charge on any atom is 0.177 e. The van der Waals surface area contributed by atoms with Crippen LogP contribution in [0.2, 0.25) is 0 Å². The molecule has 6 aromatic heterocycles. The Morgan fingerprint density at radius 2 is 1.89 bits per heavy atom. The van der Waals surface area contributed by atoms with E-state index in [2.05, 4.69) is 36.1 Å².